The number of hydrogen-bond acceptors (Lipinski definition) is 1. The Morgan fingerprint density at radius 3 is 2.26 bits per heavy atom. The van der Waals surface area contributed by atoms with E-state index in [9.17, 15) is 17.6 Å². The van der Waals surface area contributed by atoms with Gasteiger partial charge in [-0.05, 0) is 48.4 Å². The van der Waals surface area contributed by atoms with Crippen molar-refractivity contribution in [3.8, 4) is 10.4 Å². The molecule has 0 nitrogen and oxygen atoms in total. The zero-order valence-electron chi connectivity index (χ0n) is 12.8. The Hall–Kier alpha value is -1.36. The quantitative estimate of drug-likeness (QED) is 0.523. The minimum atomic E-state index is -4.38. The van der Waals surface area contributed by atoms with Crippen LogP contribution in [-0.4, -0.2) is 0 Å². The molecule has 0 saturated heterocycles. The maximum absolute atomic E-state index is 14.4. The van der Waals surface area contributed by atoms with E-state index in [4.69, 9.17) is 0 Å². The molecule has 23 heavy (non-hydrogen) atoms. The van der Waals surface area contributed by atoms with E-state index in [1.807, 2.05) is 6.07 Å². The number of thiophene rings is 1. The van der Waals surface area contributed by atoms with E-state index in [2.05, 4.69) is 6.92 Å². The first-order valence-corrected chi connectivity index (χ1v) is 8.63. The zero-order valence-corrected chi connectivity index (χ0v) is 13.6. The highest BCUT2D eigenvalue weighted by atomic mass is 32.1. The lowest BCUT2D eigenvalue weighted by Gasteiger charge is -2.26. The molecule has 2 aromatic rings. The van der Waals surface area contributed by atoms with Gasteiger partial charge in [-0.25, -0.2) is 4.39 Å². The minimum absolute atomic E-state index is 0.249. The standard InChI is InChI=1S/C18H18F4S/c1-11-2-4-12(5-3-11)13-6-7-14(15(19)10-13)16-8-9-17(23-16)18(20,21)22/h6-12H,2-5H2,1H3. The molecule has 1 heterocycles. The molecule has 124 valence electrons. The Balaban J connectivity index is 1.83. The first-order valence-electron chi connectivity index (χ1n) is 7.81. The lowest BCUT2D eigenvalue weighted by atomic mass is 9.79. The van der Waals surface area contributed by atoms with E-state index in [0.29, 0.717) is 22.1 Å². The number of hydrogen-bond donors (Lipinski definition) is 0. The third kappa shape index (κ3) is 3.60. The second kappa shape index (κ2) is 6.27. The molecule has 1 fully saturated rings. The SMILES string of the molecule is CC1CCC(c2ccc(-c3ccc(C(F)(F)F)s3)c(F)c2)CC1. The summed E-state index contributed by atoms with van der Waals surface area (Å²) in [6.07, 6.45) is 0.0221. The average molecular weight is 342 g/mol. The second-order valence-corrected chi connectivity index (χ2v) is 7.44. The van der Waals surface area contributed by atoms with Gasteiger partial charge in [-0.2, -0.15) is 13.2 Å². The maximum Gasteiger partial charge on any atom is 0.425 e. The highest BCUT2D eigenvalue weighted by Gasteiger charge is 2.32. The van der Waals surface area contributed by atoms with Crippen molar-refractivity contribution >= 4 is 11.3 Å². The average Bonchev–Trinajstić information content (AvgIpc) is 2.97. The smallest absolute Gasteiger partial charge is 0.206 e. The van der Waals surface area contributed by atoms with Crippen LogP contribution in [0, 0.1) is 11.7 Å². The van der Waals surface area contributed by atoms with Crippen molar-refractivity contribution in [1.29, 1.82) is 0 Å². The summed E-state index contributed by atoms with van der Waals surface area (Å²) in [5.41, 5.74) is 1.21. The van der Waals surface area contributed by atoms with Crippen LogP contribution < -0.4 is 0 Å². The Morgan fingerprint density at radius 2 is 1.70 bits per heavy atom. The Kier molecular flexibility index (Phi) is 4.50. The van der Waals surface area contributed by atoms with Crippen LogP contribution in [0.4, 0.5) is 17.6 Å². The molecule has 3 rings (SSSR count). The number of rotatable bonds is 2. The van der Waals surface area contributed by atoms with Gasteiger partial charge in [0.15, 0.2) is 0 Å². The normalized spacial score (nSPS) is 22.3. The third-order valence-electron chi connectivity index (χ3n) is 4.63. The summed E-state index contributed by atoms with van der Waals surface area (Å²) in [6, 6.07) is 7.34. The van der Waals surface area contributed by atoms with Crippen LogP contribution in [0.25, 0.3) is 10.4 Å². The molecule has 0 N–H and O–H groups in total. The molecule has 1 aromatic heterocycles. The van der Waals surface area contributed by atoms with Gasteiger partial charge < -0.3 is 0 Å². The van der Waals surface area contributed by atoms with Crippen LogP contribution in [0.15, 0.2) is 30.3 Å². The van der Waals surface area contributed by atoms with E-state index in [0.717, 1.165) is 43.2 Å². The van der Waals surface area contributed by atoms with Crippen LogP contribution in [0.1, 0.15) is 49.0 Å². The Morgan fingerprint density at radius 1 is 1.00 bits per heavy atom. The molecule has 0 atom stereocenters. The van der Waals surface area contributed by atoms with Gasteiger partial charge in [-0.3, -0.25) is 0 Å². The topological polar surface area (TPSA) is 0 Å². The van der Waals surface area contributed by atoms with Crippen molar-refractivity contribution in [2.75, 3.05) is 0 Å². The highest BCUT2D eigenvalue weighted by Crippen LogP contribution is 2.40. The van der Waals surface area contributed by atoms with Gasteiger partial charge in [0.25, 0.3) is 0 Å². The fraction of sp³-hybridized carbons (Fsp3) is 0.444. The first kappa shape index (κ1) is 16.5. The summed E-state index contributed by atoms with van der Waals surface area (Å²) in [5, 5.41) is 0. The van der Waals surface area contributed by atoms with Crippen LogP contribution in [0.3, 0.4) is 0 Å². The van der Waals surface area contributed by atoms with Crippen molar-refractivity contribution in [2.45, 2.75) is 44.7 Å². The molecule has 0 spiro atoms. The molecule has 0 radical (unpaired) electrons. The first-order chi connectivity index (χ1) is 10.8. The number of benzene rings is 1. The Bertz CT molecular complexity index is 679. The molecular formula is C18H18F4S. The number of alkyl halides is 3. The molecule has 0 amide bonds. The number of halogens is 4. The summed E-state index contributed by atoms with van der Waals surface area (Å²) < 4.78 is 52.4. The predicted molar refractivity (Wildman–Crippen MR) is 85.1 cm³/mol. The van der Waals surface area contributed by atoms with Gasteiger partial charge >= 0.3 is 6.18 Å². The minimum Gasteiger partial charge on any atom is -0.206 e. The molecule has 1 aromatic carbocycles. The highest BCUT2D eigenvalue weighted by molar-refractivity contribution is 7.15. The summed E-state index contributed by atoms with van der Waals surface area (Å²) >= 11 is 0.584. The van der Waals surface area contributed by atoms with E-state index >= 15 is 0 Å². The molecule has 0 bridgehead atoms. The monoisotopic (exact) mass is 342 g/mol. The van der Waals surface area contributed by atoms with E-state index < -0.39 is 16.9 Å². The largest absolute Gasteiger partial charge is 0.425 e. The van der Waals surface area contributed by atoms with Gasteiger partial charge in [0, 0.05) is 10.4 Å². The lowest BCUT2D eigenvalue weighted by Crippen LogP contribution is -2.11. The summed E-state index contributed by atoms with van der Waals surface area (Å²) in [7, 11) is 0. The van der Waals surface area contributed by atoms with Crippen molar-refractivity contribution in [2.24, 2.45) is 5.92 Å². The fourth-order valence-electron chi connectivity index (χ4n) is 3.21. The van der Waals surface area contributed by atoms with Gasteiger partial charge in [0.05, 0.1) is 0 Å². The molecule has 1 saturated carbocycles. The molecule has 0 aliphatic heterocycles. The molecule has 5 heteroatoms. The predicted octanol–water partition coefficient (Wildman–Crippen LogP) is 6.87. The van der Waals surface area contributed by atoms with Gasteiger partial charge in [-0.1, -0.05) is 31.9 Å². The van der Waals surface area contributed by atoms with Crippen LogP contribution in [0.5, 0.6) is 0 Å². The molecule has 1 aliphatic carbocycles. The summed E-state index contributed by atoms with van der Waals surface area (Å²) in [5.74, 6) is 0.655. The van der Waals surface area contributed by atoms with Crippen LogP contribution in [-0.2, 0) is 6.18 Å². The van der Waals surface area contributed by atoms with E-state index in [1.54, 1.807) is 6.07 Å². The summed E-state index contributed by atoms with van der Waals surface area (Å²) in [6.45, 7) is 2.23. The van der Waals surface area contributed by atoms with E-state index in [-0.39, 0.29) is 5.56 Å². The van der Waals surface area contributed by atoms with Crippen LogP contribution >= 0.6 is 11.3 Å². The van der Waals surface area contributed by atoms with Gasteiger partial charge in [0.1, 0.15) is 10.7 Å². The van der Waals surface area contributed by atoms with Crippen LogP contribution in [0.2, 0.25) is 0 Å². The third-order valence-corrected chi connectivity index (χ3v) is 5.79. The molecular weight excluding hydrogens is 324 g/mol. The van der Waals surface area contributed by atoms with Gasteiger partial charge in [-0.15, -0.1) is 11.3 Å². The van der Waals surface area contributed by atoms with Crippen molar-refractivity contribution in [3.63, 3.8) is 0 Å². The van der Waals surface area contributed by atoms with Gasteiger partial charge in [0.2, 0.25) is 0 Å². The van der Waals surface area contributed by atoms with Crippen molar-refractivity contribution < 1.29 is 17.6 Å². The fourth-order valence-corrected chi connectivity index (χ4v) is 4.11. The maximum atomic E-state index is 14.4. The molecule has 0 unspecified atom stereocenters. The summed E-state index contributed by atoms with van der Waals surface area (Å²) in [4.78, 5) is -0.379. The Labute approximate surface area is 137 Å². The lowest BCUT2D eigenvalue weighted by molar-refractivity contribution is -0.134. The molecule has 1 aliphatic rings. The van der Waals surface area contributed by atoms with Crippen molar-refractivity contribution in [3.05, 3.63) is 46.6 Å². The van der Waals surface area contributed by atoms with Crippen molar-refractivity contribution in [1.82, 2.24) is 0 Å². The second-order valence-electron chi connectivity index (χ2n) is 6.36. The van der Waals surface area contributed by atoms with E-state index in [1.165, 1.54) is 12.1 Å². The zero-order chi connectivity index (χ0) is 16.6.